The van der Waals surface area contributed by atoms with Gasteiger partial charge in [-0.15, -0.1) is 12.1 Å². The first kappa shape index (κ1) is 14.4. The van der Waals surface area contributed by atoms with E-state index in [0.717, 1.165) is 11.1 Å². The van der Waals surface area contributed by atoms with Gasteiger partial charge in [-0.2, -0.15) is 24.6 Å². The van der Waals surface area contributed by atoms with Gasteiger partial charge in [0.2, 0.25) is 11.8 Å². The fourth-order valence-electron chi connectivity index (χ4n) is 1.97. The summed E-state index contributed by atoms with van der Waals surface area (Å²) in [5, 5.41) is 0. The Kier molecular flexibility index (Phi) is 4.90. The molecule has 0 spiro atoms. The van der Waals surface area contributed by atoms with Crippen LogP contribution in [0.25, 0.3) is 0 Å². The van der Waals surface area contributed by atoms with Crippen molar-refractivity contribution in [3.63, 3.8) is 0 Å². The third-order valence-electron chi connectivity index (χ3n) is 3.03. The molecule has 3 nitrogen and oxygen atoms in total. The number of piperidine rings is 1. The molecule has 0 saturated carbocycles. The van der Waals surface area contributed by atoms with Crippen molar-refractivity contribution in [3.8, 4) is 0 Å². The molecule has 17 heavy (non-hydrogen) atoms. The number of hydrogen-bond acceptors (Lipinski definition) is 2. The van der Waals surface area contributed by atoms with E-state index in [2.05, 4.69) is 6.92 Å². The van der Waals surface area contributed by atoms with Crippen molar-refractivity contribution >= 4 is 11.8 Å². The molecule has 1 aliphatic heterocycles. The van der Waals surface area contributed by atoms with E-state index in [0.29, 0.717) is 12.8 Å². The number of amides is 2. The number of likely N-dealkylation sites (N-methyl/N-ethyl adjacent to an activating group) is 1. The number of rotatable bonds is 1. The van der Waals surface area contributed by atoms with Gasteiger partial charge in [0.05, 0.1) is 5.92 Å². The quantitative estimate of drug-likeness (QED) is 0.585. The van der Waals surface area contributed by atoms with Crippen LogP contribution in [-0.4, -0.2) is 23.8 Å². The summed E-state index contributed by atoms with van der Waals surface area (Å²) in [5.74, 6) is -0.369. The second-order valence-electron chi connectivity index (χ2n) is 4.12. The molecule has 2 amide bonds. The second kappa shape index (κ2) is 5.79. The minimum atomic E-state index is -0.178. The van der Waals surface area contributed by atoms with Crippen LogP contribution in [0.2, 0.25) is 0 Å². The Morgan fingerprint density at radius 2 is 1.82 bits per heavy atom. The van der Waals surface area contributed by atoms with E-state index >= 15 is 0 Å². The van der Waals surface area contributed by atoms with Gasteiger partial charge in [-0.05, 0) is 6.42 Å². The van der Waals surface area contributed by atoms with Gasteiger partial charge in [0.15, 0.2) is 0 Å². The van der Waals surface area contributed by atoms with E-state index in [1.54, 1.807) is 7.05 Å². The molecule has 1 atom stereocenters. The molecule has 2 rings (SSSR count). The maximum absolute atomic E-state index is 11.9. The molecule has 0 aliphatic carbocycles. The molecule has 0 bridgehead atoms. The molecule has 1 fully saturated rings. The average molecular weight is 305 g/mol. The summed E-state index contributed by atoms with van der Waals surface area (Å²) in [6.45, 7) is 3.80. The monoisotopic (exact) mass is 305 g/mol. The summed E-state index contributed by atoms with van der Waals surface area (Å²) < 4.78 is 0. The fraction of sp³-hybridized carbons (Fsp3) is 0.308. The van der Waals surface area contributed by atoms with E-state index < -0.39 is 0 Å². The Morgan fingerprint density at radius 3 is 2.41 bits per heavy atom. The van der Waals surface area contributed by atoms with Crippen LogP contribution >= 0.6 is 0 Å². The van der Waals surface area contributed by atoms with Crippen molar-refractivity contribution < 1.29 is 42.3 Å². The number of nitrogens with zero attached hydrogens (tertiary/aromatic N) is 1. The number of carbonyl (C=O) groups is 2. The SMILES string of the molecule is [CH2-]c1ccc(C2CCC(=O)N(C)C2=O)cc1.[Y]. The van der Waals surface area contributed by atoms with Gasteiger partial charge in [-0.25, -0.2) is 0 Å². The largest absolute Gasteiger partial charge is 0.285 e. The Labute approximate surface area is 126 Å². The minimum absolute atomic E-state index is 0. The van der Waals surface area contributed by atoms with Gasteiger partial charge in [0.25, 0.3) is 0 Å². The maximum Gasteiger partial charge on any atom is 0.236 e. The van der Waals surface area contributed by atoms with Gasteiger partial charge < -0.3 is 0 Å². The zero-order chi connectivity index (χ0) is 11.7. The Bertz CT molecular complexity index is 428. The molecule has 4 heteroatoms. The van der Waals surface area contributed by atoms with Crippen molar-refractivity contribution in [2.24, 2.45) is 0 Å². The van der Waals surface area contributed by atoms with E-state index in [1.807, 2.05) is 24.3 Å². The van der Waals surface area contributed by atoms with Crippen LogP contribution < -0.4 is 0 Å². The summed E-state index contributed by atoms with van der Waals surface area (Å²) >= 11 is 0. The molecule has 1 radical (unpaired) electrons. The van der Waals surface area contributed by atoms with Crippen LogP contribution in [0.1, 0.15) is 29.9 Å². The van der Waals surface area contributed by atoms with Crippen molar-refractivity contribution in [2.45, 2.75) is 18.8 Å². The normalized spacial score (nSPS) is 20.1. The van der Waals surface area contributed by atoms with Gasteiger partial charge in [-0.3, -0.25) is 14.5 Å². The molecule has 87 valence electrons. The fourth-order valence-corrected chi connectivity index (χ4v) is 1.97. The molecule has 1 aromatic rings. The first-order valence-corrected chi connectivity index (χ1v) is 5.32. The van der Waals surface area contributed by atoms with E-state index in [9.17, 15) is 9.59 Å². The Morgan fingerprint density at radius 1 is 1.24 bits per heavy atom. The van der Waals surface area contributed by atoms with Crippen LogP contribution in [0.4, 0.5) is 0 Å². The Balaban J connectivity index is 0.00000144. The molecule has 1 saturated heterocycles. The maximum atomic E-state index is 11.9. The Hall–Kier alpha value is -0.666. The zero-order valence-corrected chi connectivity index (χ0v) is 12.7. The van der Waals surface area contributed by atoms with Crippen LogP contribution in [0.15, 0.2) is 24.3 Å². The van der Waals surface area contributed by atoms with Crippen LogP contribution in [0.5, 0.6) is 0 Å². The first-order valence-electron chi connectivity index (χ1n) is 5.32. The van der Waals surface area contributed by atoms with Crippen LogP contribution in [-0.2, 0) is 42.3 Å². The van der Waals surface area contributed by atoms with Gasteiger partial charge in [-0.1, -0.05) is 5.56 Å². The number of benzene rings is 1. The summed E-state index contributed by atoms with van der Waals surface area (Å²) in [4.78, 5) is 24.5. The van der Waals surface area contributed by atoms with E-state index in [-0.39, 0.29) is 50.4 Å². The number of carbonyl (C=O) groups excluding carboxylic acids is 2. The zero-order valence-electron chi connectivity index (χ0n) is 9.85. The van der Waals surface area contributed by atoms with Crippen molar-refractivity contribution in [2.75, 3.05) is 7.05 Å². The molecule has 0 aromatic heterocycles. The standard InChI is InChI=1S/C13H14NO2.Y/c1-9-3-5-10(6-4-9)11-7-8-12(15)14(2)13(11)16;/h3-6,11H,1,7-8H2,2H3;/q-1;. The smallest absolute Gasteiger partial charge is 0.236 e. The van der Waals surface area contributed by atoms with E-state index in [1.165, 1.54) is 4.90 Å². The first-order chi connectivity index (χ1) is 7.59. The van der Waals surface area contributed by atoms with Crippen LogP contribution in [0.3, 0.4) is 0 Å². The molecule has 1 aliphatic rings. The summed E-state index contributed by atoms with van der Waals surface area (Å²) in [5.41, 5.74) is 1.90. The minimum Gasteiger partial charge on any atom is -0.285 e. The molecule has 1 aromatic carbocycles. The number of imide groups is 1. The third-order valence-corrected chi connectivity index (χ3v) is 3.03. The number of likely N-dealkylation sites (tertiary alicyclic amines) is 1. The second-order valence-corrected chi connectivity index (χ2v) is 4.12. The summed E-state index contributed by atoms with van der Waals surface area (Å²) in [7, 11) is 1.55. The van der Waals surface area contributed by atoms with Gasteiger partial charge in [0.1, 0.15) is 0 Å². The predicted octanol–water partition coefficient (Wildman–Crippen LogP) is 1.73. The summed E-state index contributed by atoms with van der Waals surface area (Å²) in [6.07, 6.45) is 1.05. The average Bonchev–Trinajstić information content (AvgIpc) is 2.28. The van der Waals surface area contributed by atoms with Crippen molar-refractivity contribution in [1.29, 1.82) is 0 Å². The molecular weight excluding hydrogens is 291 g/mol. The van der Waals surface area contributed by atoms with E-state index in [4.69, 9.17) is 0 Å². The molecule has 1 unspecified atom stereocenters. The molecular formula is C13H14NO2Y-. The molecule has 1 heterocycles. The topological polar surface area (TPSA) is 37.4 Å². The van der Waals surface area contributed by atoms with Crippen LogP contribution in [0, 0.1) is 6.92 Å². The van der Waals surface area contributed by atoms with Crippen molar-refractivity contribution in [3.05, 3.63) is 42.3 Å². The van der Waals surface area contributed by atoms with Gasteiger partial charge in [0, 0.05) is 46.2 Å². The third kappa shape index (κ3) is 2.96. The number of hydrogen-bond donors (Lipinski definition) is 0. The predicted molar refractivity (Wildman–Crippen MR) is 60.7 cm³/mol. The summed E-state index contributed by atoms with van der Waals surface area (Å²) in [6, 6.07) is 7.60. The van der Waals surface area contributed by atoms with Crippen molar-refractivity contribution in [1.82, 2.24) is 4.90 Å². The van der Waals surface area contributed by atoms with Gasteiger partial charge >= 0.3 is 0 Å². The molecule has 0 N–H and O–H groups in total.